The highest BCUT2D eigenvalue weighted by molar-refractivity contribution is 5.20. The summed E-state index contributed by atoms with van der Waals surface area (Å²) in [6.07, 6.45) is -0.0427. The van der Waals surface area contributed by atoms with Crippen LogP contribution in [0, 0.1) is 0 Å². The zero-order chi connectivity index (χ0) is 14.5. The summed E-state index contributed by atoms with van der Waals surface area (Å²) < 4.78 is 16.2. The van der Waals surface area contributed by atoms with Crippen LogP contribution in [0.25, 0.3) is 0 Å². The molecule has 0 aliphatic rings. The molecule has 1 rings (SSSR count). The summed E-state index contributed by atoms with van der Waals surface area (Å²) in [7, 11) is 0. The number of ether oxygens (including phenoxy) is 3. The highest BCUT2D eigenvalue weighted by Gasteiger charge is 2.11. The molecule has 19 heavy (non-hydrogen) atoms. The van der Waals surface area contributed by atoms with Crippen molar-refractivity contribution < 1.29 is 14.2 Å². The number of nitrogens with two attached hydrogens (primary N) is 1. The summed E-state index contributed by atoms with van der Waals surface area (Å²) >= 11 is 0. The molecule has 0 radical (unpaired) electrons. The summed E-state index contributed by atoms with van der Waals surface area (Å²) in [6, 6.07) is 0.301. The van der Waals surface area contributed by atoms with Gasteiger partial charge in [0.15, 0.2) is 0 Å². The number of aromatic nitrogens is 3. The number of hydrogen-bond donors (Lipinski definition) is 1. The first-order valence-electron chi connectivity index (χ1n) is 6.21. The fourth-order valence-electron chi connectivity index (χ4n) is 1.16. The first kappa shape index (κ1) is 15.4. The van der Waals surface area contributed by atoms with Gasteiger partial charge in [-0.2, -0.15) is 9.97 Å². The Balaban J connectivity index is 2.51. The van der Waals surface area contributed by atoms with E-state index < -0.39 is 0 Å². The lowest BCUT2D eigenvalue weighted by atomic mass is 10.2. The average molecular weight is 270 g/mol. The second kappa shape index (κ2) is 6.51. The van der Waals surface area contributed by atoms with Gasteiger partial charge >= 0.3 is 12.0 Å². The molecule has 0 aliphatic carbocycles. The van der Waals surface area contributed by atoms with Crippen LogP contribution in [0.5, 0.6) is 12.0 Å². The number of anilines is 1. The first-order chi connectivity index (χ1) is 8.76. The zero-order valence-electron chi connectivity index (χ0n) is 12.1. The molecule has 7 heteroatoms. The van der Waals surface area contributed by atoms with Gasteiger partial charge in [-0.1, -0.05) is 0 Å². The molecule has 108 valence electrons. The number of nitrogen functional groups attached to an aromatic ring is 1. The predicted octanol–water partition coefficient (Wildman–Crippen LogP) is 1.43. The third-order valence-corrected chi connectivity index (χ3v) is 1.80. The molecule has 0 aliphatic heterocycles. The Labute approximate surface area is 113 Å². The van der Waals surface area contributed by atoms with Crippen molar-refractivity contribution in [2.45, 2.75) is 46.3 Å². The molecule has 1 heterocycles. The third-order valence-electron chi connectivity index (χ3n) is 1.80. The Kier molecular flexibility index (Phi) is 5.29. The van der Waals surface area contributed by atoms with E-state index in [1.54, 1.807) is 0 Å². The van der Waals surface area contributed by atoms with Gasteiger partial charge < -0.3 is 19.9 Å². The van der Waals surface area contributed by atoms with Gasteiger partial charge in [-0.05, 0) is 34.6 Å². The number of rotatable bonds is 6. The van der Waals surface area contributed by atoms with Crippen molar-refractivity contribution in [3.63, 3.8) is 0 Å². The van der Waals surface area contributed by atoms with Gasteiger partial charge in [-0.3, -0.25) is 0 Å². The topological polar surface area (TPSA) is 92.4 Å². The van der Waals surface area contributed by atoms with Gasteiger partial charge in [0, 0.05) is 0 Å². The predicted molar refractivity (Wildman–Crippen MR) is 71.2 cm³/mol. The molecule has 0 aromatic carbocycles. The van der Waals surface area contributed by atoms with Crippen LogP contribution in [-0.4, -0.2) is 39.9 Å². The average Bonchev–Trinajstić information content (AvgIpc) is 2.21. The fraction of sp³-hybridized carbons (Fsp3) is 0.750. The van der Waals surface area contributed by atoms with Crippen LogP contribution < -0.4 is 15.2 Å². The normalized spacial score (nSPS) is 11.7. The minimum Gasteiger partial charge on any atom is -0.461 e. The van der Waals surface area contributed by atoms with Crippen LogP contribution in [0.1, 0.15) is 34.6 Å². The van der Waals surface area contributed by atoms with Gasteiger partial charge in [-0.25, -0.2) is 0 Å². The largest absolute Gasteiger partial charge is 0.461 e. The summed E-state index contributed by atoms with van der Waals surface area (Å²) in [4.78, 5) is 11.7. The van der Waals surface area contributed by atoms with Crippen molar-refractivity contribution in [1.82, 2.24) is 15.0 Å². The van der Waals surface area contributed by atoms with Crippen molar-refractivity contribution in [1.29, 1.82) is 0 Å². The van der Waals surface area contributed by atoms with E-state index in [1.807, 2.05) is 34.6 Å². The highest BCUT2D eigenvalue weighted by atomic mass is 16.5. The third kappa shape index (κ3) is 6.76. The second-order valence-corrected chi connectivity index (χ2v) is 5.23. The molecule has 0 bridgehead atoms. The molecule has 0 saturated heterocycles. The molecule has 0 amide bonds. The lowest BCUT2D eigenvalue weighted by Crippen LogP contribution is -2.23. The van der Waals surface area contributed by atoms with Crippen molar-refractivity contribution in [2.75, 3.05) is 18.9 Å². The number of hydrogen-bond acceptors (Lipinski definition) is 7. The minimum absolute atomic E-state index is 0.0427. The van der Waals surface area contributed by atoms with Crippen LogP contribution in [0.15, 0.2) is 0 Å². The molecular formula is C12H22N4O3. The Bertz CT molecular complexity index is 404. The fourth-order valence-corrected chi connectivity index (χ4v) is 1.16. The summed E-state index contributed by atoms with van der Waals surface area (Å²) in [5.41, 5.74) is 5.35. The van der Waals surface area contributed by atoms with Crippen molar-refractivity contribution in [3.05, 3.63) is 0 Å². The quantitative estimate of drug-likeness (QED) is 0.782. The highest BCUT2D eigenvalue weighted by Crippen LogP contribution is 2.12. The van der Waals surface area contributed by atoms with Crippen LogP contribution in [0.2, 0.25) is 0 Å². The number of nitrogens with zero attached hydrogens (tertiary/aromatic N) is 3. The molecule has 0 spiro atoms. The molecule has 1 aromatic heterocycles. The van der Waals surface area contributed by atoms with Gasteiger partial charge in [0.2, 0.25) is 5.95 Å². The minimum atomic E-state index is -0.201. The van der Waals surface area contributed by atoms with E-state index in [2.05, 4.69) is 15.0 Å². The molecule has 0 atom stereocenters. The van der Waals surface area contributed by atoms with Crippen molar-refractivity contribution in [3.8, 4) is 12.0 Å². The summed E-state index contributed by atoms with van der Waals surface area (Å²) in [5, 5.41) is 0. The molecular weight excluding hydrogens is 248 g/mol. The molecule has 2 N–H and O–H groups in total. The van der Waals surface area contributed by atoms with Crippen LogP contribution in [0.3, 0.4) is 0 Å². The Morgan fingerprint density at radius 1 is 1.05 bits per heavy atom. The van der Waals surface area contributed by atoms with E-state index >= 15 is 0 Å². The monoisotopic (exact) mass is 270 g/mol. The molecule has 7 nitrogen and oxygen atoms in total. The van der Waals surface area contributed by atoms with Gasteiger partial charge in [0.05, 0.1) is 18.3 Å². The van der Waals surface area contributed by atoms with E-state index in [0.717, 1.165) is 0 Å². The van der Waals surface area contributed by atoms with E-state index in [1.165, 1.54) is 0 Å². The summed E-state index contributed by atoms with van der Waals surface area (Å²) in [5.74, 6) is 0.0670. The Hall–Kier alpha value is -1.63. The molecule has 0 unspecified atom stereocenters. The van der Waals surface area contributed by atoms with Gasteiger partial charge in [-0.15, -0.1) is 4.98 Å². The van der Waals surface area contributed by atoms with Crippen molar-refractivity contribution in [2.24, 2.45) is 0 Å². The van der Waals surface area contributed by atoms with Crippen LogP contribution >= 0.6 is 0 Å². The molecule has 1 aromatic rings. The standard InChI is InChI=1S/C12H22N4O3/c1-8(2)19-11-15-9(13)14-10(16-11)17-6-7-18-12(3,4)5/h8H,6-7H2,1-5H3,(H2,13,14,15,16). The SMILES string of the molecule is CC(C)Oc1nc(N)nc(OCCOC(C)(C)C)n1. The van der Waals surface area contributed by atoms with E-state index in [0.29, 0.717) is 13.2 Å². The maximum Gasteiger partial charge on any atom is 0.324 e. The van der Waals surface area contributed by atoms with E-state index in [9.17, 15) is 0 Å². The van der Waals surface area contributed by atoms with E-state index in [-0.39, 0.29) is 29.7 Å². The van der Waals surface area contributed by atoms with Crippen LogP contribution in [0.4, 0.5) is 5.95 Å². The van der Waals surface area contributed by atoms with Gasteiger partial charge in [0.25, 0.3) is 0 Å². The van der Waals surface area contributed by atoms with Crippen molar-refractivity contribution >= 4 is 5.95 Å². The second-order valence-electron chi connectivity index (χ2n) is 5.23. The first-order valence-corrected chi connectivity index (χ1v) is 6.21. The zero-order valence-corrected chi connectivity index (χ0v) is 12.1. The summed E-state index contributed by atoms with van der Waals surface area (Å²) in [6.45, 7) is 10.4. The van der Waals surface area contributed by atoms with Gasteiger partial charge in [0.1, 0.15) is 6.61 Å². The Morgan fingerprint density at radius 2 is 1.68 bits per heavy atom. The molecule has 0 fully saturated rings. The lowest BCUT2D eigenvalue weighted by Gasteiger charge is -2.19. The Morgan fingerprint density at radius 3 is 2.26 bits per heavy atom. The maximum atomic E-state index is 5.56. The lowest BCUT2D eigenvalue weighted by molar-refractivity contribution is -0.0175. The smallest absolute Gasteiger partial charge is 0.324 e. The van der Waals surface area contributed by atoms with Crippen LogP contribution in [-0.2, 0) is 4.74 Å². The molecule has 0 saturated carbocycles. The maximum absolute atomic E-state index is 5.56. The van der Waals surface area contributed by atoms with E-state index in [4.69, 9.17) is 19.9 Å².